The van der Waals surface area contributed by atoms with E-state index in [4.69, 9.17) is 5.11 Å². The number of aromatic amines is 1. The zero-order valence-corrected chi connectivity index (χ0v) is 13.1. The number of hydrogen-bond donors (Lipinski definition) is 3. The molecule has 20 heavy (non-hydrogen) atoms. The summed E-state index contributed by atoms with van der Waals surface area (Å²) >= 11 is 0. The monoisotopic (exact) mass is 304 g/mol. The van der Waals surface area contributed by atoms with E-state index in [-0.39, 0.29) is 17.2 Å². The number of aliphatic hydroxyl groups is 1. The van der Waals surface area contributed by atoms with E-state index in [1.807, 2.05) is 7.05 Å². The number of unbranched alkanes of at least 4 members (excludes halogenated alkanes) is 1. The van der Waals surface area contributed by atoms with Gasteiger partial charge in [0.25, 0.3) is 10.0 Å². The first-order valence-electron chi connectivity index (χ1n) is 6.71. The lowest BCUT2D eigenvalue weighted by molar-refractivity contribution is 0.268. The van der Waals surface area contributed by atoms with Crippen LogP contribution in [0.25, 0.3) is 0 Å². The summed E-state index contributed by atoms with van der Waals surface area (Å²) in [6.07, 6.45) is 3.00. The number of aliphatic hydroxyl groups excluding tert-OH is 1. The molecule has 0 radical (unpaired) electrons. The highest BCUT2D eigenvalue weighted by Crippen LogP contribution is 2.11. The number of sulfonamides is 1. The lowest BCUT2D eigenvalue weighted by Crippen LogP contribution is -2.29. The highest BCUT2D eigenvalue weighted by atomic mass is 32.2. The van der Waals surface area contributed by atoms with Crippen LogP contribution >= 0.6 is 0 Å². The quantitative estimate of drug-likeness (QED) is 0.570. The lowest BCUT2D eigenvalue weighted by Gasteiger charge is -2.20. The summed E-state index contributed by atoms with van der Waals surface area (Å²) in [5.74, 6) is 0. The second-order valence-electron chi connectivity index (χ2n) is 5.06. The summed E-state index contributed by atoms with van der Waals surface area (Å²) in [6, 6.07) is 0.490. The SMILES string of the molecule is CC(C)N(C)CCCCNS(=O)(=O)c1[nH]ncc1CO. The normalized spacial score (nSPS) is 12.5. The molecule has 8 heteroatoms. The Morgan fingerprint density at radius 3 is 2.75 bits per heavy atom. The summed E-state index contributed by atoms with van der Waals surface area (Å²) in [5, 5.41) is 15.0. The molecule has 0 aromatic carbocycles. The fraction of sp³-hybridized carbons (Fsp3) is 0.750. The van der Waals surface area contributed by atoms with E-state index in [2.05, 4.69) is 33.7 Å². The first kappa shape index (κ1) is 17.1. The molecule has 0 unspecified atom stereocenters. The van der Waals surface area contributed by atoms with Crippen molar-refractivity contribution in [2.75, 3.05) is 20.1 Å². The van der Waals surface area contributed by atoms with Gasteiger partial charge in [-0.15, -0.1) is 0 Å². The van der Waals surface area contributed by atoms with Crippen molar-refractivity contribution in [2.45, 2.75) is 44.4 Å². The molecular weight excluding hydrogens is 280 g/mol. The highest BCUT2D eigenvalue weighted by Gasteiger charge is 2.19. The van der Waals surface area contributed by atoms with Gasteiger partial charge in [-0.2, -0.15) is 5.10 Å². The van der Waals surface area contributed by atoms with Crippen LogP contribution in [-0.4, -0.2) is 54.8 Å². The Morgan fingerprint density at radius 2 is 2.15 bits per heavy atom. The van der Waals surface area contributed by atoms with Crippen LogP contribution in [0, 0.1) is 0 Å². The van der Waals surface area contributed by atoms with Crippen molar-refractivity contribution in [1.29, 1.82) is 0 Å². The van der Waals surface area contributed by atoms with Gasteiger partial charge in [-0.3, -0.25) is 5.10 Å². The second-order valence-corrected chi connectivity index (χ2v) is 6.77. The van der Waals surface area contributed by atoms with Crippen LogP contribution in [0.15, 0.2) is 11.2 Å². The Morgan fingerprint density at radius 1 is 1.45 bits per heavy atom. The lowest BCUT2D eigenvalue weighted by atomic mass is 10.2. The predicted octanol–water partition coefficient (Wildman–Crippen LogP) is 0.301. The zero-order chi connectivity index (χ0) is 15.2. The van der Waals surface area contributed by atoms with Crippen molar-refractivity contribution < 1.29 is 13.5 Å². The summed E-state index contributed by atoms with van der Waals surface area (Å²) in [4.78, 5) is 2.22. The van der Waals surface area contributed by atoms with Crippen LogP contribution in [0.5, 0.6) is 0 Å². The van der Waals surface area contributed by atoms with Crippen LogP contribution in [0.2, 0.25) is 0 Å². The molecule has 0 amide bonds. The molecule has 0 fully saturated rings. The van der Waals surface area contributed by atoms with Crippen molar-refractivity contribution in [2.24, 2.45) is 0 Å². The van der Waals surface area contributed by atoms with E-state index < -0.39 is 10.0 Å². The van der Waals surface area contributed by atoms with Gasteiger partial charge < -0.3 is 10.0 Å². The molecule has 0 saturated carbocycles. The Kier molecular flexibility index (Phi) is 6.60. The minimum atomic E-state index is -3.62. The topological polar surface area (TPSA) is 98.3 Å². The van der Waals surface area contributed by atoms with Crippen molar-refractivity contribution in [3.05, 3.63) is 11.8 Å². The van der Waals surface area contributed by atoms with Gasteiger partial charge in [0.1, 0.15) is 0 Å². The predicted molar refractivity (Wildman–Crippen MR) is 76.7 cm³/mol. The van der Waals surface area contributed by atoms with E-state index in [0.29, 0.717) is 12.6 Å². The van der Waals surface area contributed by atoms with Crippen LogP contribution in [0.4, 0.5) is 0 Å². The number of rotatable bonds is 9. The molecule has 1 heterocycles. The fourth-order valence-corrected chi connectivity index (χ4v) is 2.86. The number of hydrogen-bond acceptors (Lipinski definition) is 5. The van der Waals surface area contributed by atoms with Crippen molar-refractivity contribution in [1.82, 2.24) is 19.8 Å². The van der Waals surface area contributed by atoms with Gasteiger partial charge in [0, 0.05) is 18.2 Å². The Labute approximate surface area is 120 Å². The van der Waals surface area contributed by atoms with Crippen LogP contribution < -0.4 is 4.72 Å². The molecule has 0 spiro atoms. The van der Waals surface area contributed by atoms with Crippen LogP contribution in [-0.2, 0) is 16.6 Å². The van der Waals surface area contributed by atoms with Crippen LogP contribution in [0.3, 0.4) is 0 Å². The molecule has 0 saturated heterocycles. The highest BCUT2D eigenvalue weighted by molar-refractivity contribution is 7.89. The van der Waals surface area contributed by atoms with Crippen LogP contribution in [0.1, 0.15) is 32.3 Å². The molecule has 1 aromatic rings. The molecule has 0 aliphatic heterocycles. The average Bonchev–Trinajstić information content (AvgIpc) is 2.86. The third kappa shape index (κ3) is 4.86. The maximum Gasteiger partial charge on any atom is 0.257 e. The molecule has 7 nitrogen and oxygen atoms in total. The fourth-order valence-electron chi connectivity index (χ4n) is 1.67. The van der Waals surface area contributed by atoms with Gasteiger partial charge >= 0.3 is 0 Å². The first-order valence-corrected chi connectivity index (χ1v) is 8.19. The van der Waals surface area contributed by atoms with Gasteiger partial charge in [0.05, 0.1) is 12.8 Å². The summed E-state index contributed by atoms with van der Waals surface area (Å²) in [7, 11) is -1.57. The van der Waals surface area contributed by atoms with Gasteiger partial charge in [-0.05, 0) is 40.3 Å². The second kappa shape index (κ2) is 7.72. The number of H-pyrrole nitrogens is 1. The minimum absolute atomic E-state index is 0.0562. The third-order valence-corrected chi connectivity index (χ3v) is 4.70. The van der Waals surface area contributed by atoms with Gasteiger partial charge in [0.15, 0.2) is 5.03 Å². The Bertz CT molecular complexity index is 499. The van der Waals surface area contributed by atoms with Gasteiger partial charge in [0.2, 0.25) is 0 Å². The largest absolute Gasteiger partial charge is 0.392 e. The minimum Gasteiger partial charge on any atom is -0.392 e. The summed E-state index contributed by atoms with van der Waals surface area (Å²) in [5.41, 5.74) is 0.275. The summed E-state index contributed by atoms with van der Waals surface area (Å²) < 4.78 is 26.5. The number of nitrogens with zero attached hydrogens (tertiary/aromatic N) is 2. The molecule has 0 bridgehead atoms. The number of nitrogens with one attached hydrogen (secondary N) is 2. The average molecular weight is 304 g/mol. The Balaban J connectivity index is 2.38. The smallest absolute Gasteiger partial charge is 0.257 e. The summed E-state index contributed by atoms with van der Waals surface area (Å²) in [6.45, 7) is 5.20. The van der Waals surface area contributed by atoms with E-state index in [0.717, 1.165) is 19.4 Å². The Hall–Kier alpha value is -0.960. The molecule has 1 aromatic heterocycles. The van der Waals surface area contributed by atoms with E-state index in [1.54, 1.807) is 0 Å². The standard InChI is InChI=1S/C12H24N4O3S/c1-10(2)16(3)7-5-4-6-14-20(18,19)12-11(9-17)8-13-15-12/h8,10,14,17H,4-7,9H2,1-3H3,(H,13,15). The molecular formula is C12H24N4O3S. The maximum atomic E-state index is 12.0. The van der Waals surface area contributed by atoms with Gasteiger partial charge in [-0.1, -0.05) is 0 Å². The van der Waals surface area contributed by atoms with Crippen molar-refractivity contribution in [3.63, 3.8) is 0 Å². The molecule has 0 aliphatic carbocycles. The molecule has 0 atom stereocenters. The maximum absolute atomic E-state index is 12.0. The number of aromatic nitrogens is 2. The van der Waals surface area contributed by atoms with E-state index >= 15 is 0 Å². The molecule has 116 valence electrons. The molecule has 1 rings (SSSR count). The van der Waals surface area contributed by atoms with Gasteiger partial charge in [-0.25, -0.2) is 13.1 Å². The third-order valence-electron chi connectivity index (χ3n) is 3.23. The first-order chi connectivity index (χ1) is 9.38. The molecule has 3 N–H and O–H groups in total. The molecule has 0 aliphatic rings. The van der Waals surface area contributed by atoms with E-state index in [1.165, 1.54) is 6.20 Å². The zero-order valence-electron chi connectivity index (χ0n) is 12.3. The van der Waals surface area contributed by atoms with E-state index in [9.17, 15) is 8.42 Å². The van der Waals surface area contributed by atoms with Crippen molar-refractivity contribution in [3.8, 4) is 0 Å². The van der Waals surface area contributed by atoms with Crippen molar-refractivity contribution >= 4 is 10.0 Å².